The lowest BCUT2D eigenvalue weighted by Crippen LogP contribution is -2.25. The zero-order valence-corrected chi connectivity index (χ0v) is 12.0. The Kier molecular flexibility index (Phi) is 3.77. The second kappa shape index (κ2) is 5.70. The van der Waals surface area contributed by atoms with E-state index in [-0.39, 0.29) is 0 Å². The van der Waals surface area contributed by atoms with Gasteiger partial charge in [-0.15, -0.1) is 0 Å². The van der Waals surface area contributed by atoms with Crippen LogP contribution in [0.2, 0.25) is 0 Å². The predicted octanol–water partition coefficient (Wildman–Crippen LogP) is 4.16. The third-order valence-corrected chi connectivity index (χ3v) is 4.37. The number of fused-ring (bicyclic) bond motifs is 1. The van der Waals surface area contributed by atoms with Crippen LogP contribution in [0.25, 0.3) is 10.9 Å². The van der Waals surface area contributed by atoms with E-state index < -0.39 is 0 Å². The maximum Gasteiger partial charge on any atom is 0.130 e. The van der Waals surface area contributed by atoms with Gasteiger partial charge in [0.05, 0.1) is 17.3 Å². The number of pyridine rings is 1. The van der Waals surface area contributed by atoms with Crippen LogP contribution in [0, 0.1) is 5.92 Å². The highest BCUT2D eigenvalue weighted by Gasteiger charge is 2.22. The van der Waals surface area contributed by atoms with E-state index in [0.717, 1.165) is 29.0 Å². The summed E-state index contributed by atoms with van der Waals surface area (Å²) in [6.45, 7) is 2.27. The number of benzene rings is 1. The molecule has 0 spiro atoms. The average molecular weight is 270 g/mol. The molecule has 2 N–H and O–H groups in total. The normalized spacial score (nSPS) is 22.9. The highest BCUT2D eigenvalue weighted by molar-refractivity contribution is 5.93. The molecule has 1 saturated carbocycles. The van der Waals surface area contributed by atoms with E-state index in [2.05, 4.69) is 11.9 Å². The standard InChI is InChI=1S/C17H22N2O/c1-2-12-5-3-6-13(11-12)20-16-9-10-19-17-14(16)7-4-8-15(17)18/h4,7-10,12-13H,2-3,5-6,11,18H2,1H3. The molecule has 0 amide bonds. The molecular formula is C17H22N2O. The van der Waals surface area contributed by atoms with Gasteiger partial charge in [0.1, 0.15) is 5.75 Å². The van der Waals surface area contributed by atoms with Gasteiger partial charge in [0, 0.05) is 11.6 Å². The Morgan fingerprint density at radius 3 is 3.05 bits per heavy atom. The molecule has 1 aliphatic rings. The zero-order valence-electron chi connectivity index (χ0n) is 12.0. The quantitative estimate of drug-likeness (QED) is 0.852. The SMILES string of the molecule is CCC1CCCC(Oc2ccnc3c(N)cccc23)C1. The number of rotatable bonds is 3. The predicted molar refractivity (Wildman–Crippen MR) is 82.8 cm³/mol. The van der Waals surface area contributed by atoms with Crippen LogP contribution in [-0.2, 0) is 0 Å². The number of anilines is 1. The first-order chi connectivity index (χ1) is 9.78. The third kappa shape index (κ3) is 2.58. The largest absolute Gasteiger partial charge is 0.490 e. The summed E-state index contributed by atoms with van der Waals surface area (Å²) in [5.41, 5.74) is 7.54. The summed E-state index contributed by atoms with van der Waals surface area (Å²) < 4.78 is 6.26. The molecule has 2 unspecified atom stereocenters. The highest BCUT2D eigenvalue weighted by Crippen LogP contribution is 2.33. The van der Waals surface area contributed by atoms with E-state index in [1.54, 1.807) is 6.20 Å². The lowest BCUT2D eigenvalue weighted by atomic mass is 9.85. The Morgan fingerprint density at radius 1 is 1.30 bits per heavy atom. The van der Waals surface area contributed by atoms with E-state index in [1.165, 1.54) is 25.7 Å². The number of nitrogen functional groups attached to an aromatic ring is 1. The molecule has 2 atom stereocenters. The van der Waals surface area contributed by atoms with Crippen LogP contribution < -0.4 is 10.5 Å². The molecule has 3 rings (SSSR count). The van der Waals surface area contributed by atoms with Gasteiger partial charge >= 0.3 is 0 Å². The van der Waals surface area contributed by atoms with Gasteiger partial charge in [-0.1, -0.05) is 25.8 Å². The molecule has 3 heteroatoms. The van der Waals surface area contributed by atoms with Crippen molar-refractivity contribution in [3.8, 4) is 5.75 Å². The van der Waals surface area contributed by atoms with Gasteiger partial charge in [-0.3, -0.25) is 4.98 Å². The second-order valence-corrected chi connectivity index (χ2v) is 5.73. The number of para-hydroxylation sites is 1. The van der Waals surface area contributed by atoms with E-state index in [9.17, 15) is 0 Å². The Morgan fingerprint density at radius 2 is 2.20 bits per heavy atom. The number of nitrogens with two attached hydrogens (primary N) is 1. The topological polar surface area (TPSA) is 48.1 Å². The number of hydrogen-bond acceptors (Lipinski definition) is 3. The van der Waals surface area contributed by atoms with Crippen LogP contribution in [0.15, 0.2) is 30.5 Å². The van der Waals surface area contributed by atoms with Gasteiger partial charge in [-0.05, 0) is 43.4 Å². The molecule has 0 bridgehead atoms. The van der Waals surface area contributed by atoms with Crippen molar-refractivity contribution in [1.29, 1.82) is 0 Å². The van der Waals surface area contributed by atoms with Gasteiger partial charge in [-0.25, -0.2) is 0 Å². The number of hydrogen-bond donors (Lipinski definition) is 1. The zero-order chi connectivity index (χ0) is 13.9. The lowest BCUT2D eigenvalue weighted by molar-refractivity contribution is 0.123. The molecule has 1 fully saturated rings. The summed E-state index contributed by atoms with van der Waals surface area (Å²) in [5, 5.41) is 1.02. The Labute approximate surface area is 120 Å². The van der Waals surface area contributed by atoms with Gasteiger partial charge in [0.2, 0.25) is 0 Å². The summed E-state index contributed by atoms with van der Waals surface area (Å²) in [4.78, 5) is 4.36. The summed E-state index contributed by atoms with van der Waals surface area (Å²) in [6.07, 6.45) is 8.32. The van der Waals surface area contributed by atoms with Crippen LogP contribution in [0.4, 0.5) is 5.69 Å². The number of aromatic nitrogens is 1. The van der Waals surface area contributed by atoms with Crippen LogP contribution >= 0.6 is 0 Å². The van der Waals surface area contributed by atoms with Gasteiger partial charge < -0.3 is 10.5 Å². The van der Waals surface area contributed by atoms with E-state index in [1.807, 2.05) is 24.3 Å². The average Bonchev–Trinajstić information content (AvgIpc) is 2.49. The Hall–Kier alpha value is -1.77. The van der Waals surface area contributed by atoms with Crippen molar-refractivity contribution in [3.63, 3.8) is 0 Å². The van der Waals surface area contributed by atoms with Gasteiger partial charge in [0.15, 0.2) is 0 Å². The lowest BCUT2D eigenvalue weighted by Gasteiger charge is -2.29. The minimum Gasteiger partial charge on any atom is -0.490 e. The van der Waals surface area contributed by atoms with Crippen molar-refractivity contribution >= 4 is 16.6 Å². The molecule has 1 aromatic heterocycles. The highest BCUT2D eigenvalue weighted by atomic mass is 16.5. The van der Waals surface area contributed by atoms with Crippen molar-refractivity contribution in [2.45, 2.75) is 45.1 Å². The molecule has 0 saturated heterocycles. The first-order valence-corrected chi connectivity index (χ1v) is 7.57. The van der Waals surface area contributed by atoms with Gasteiger partial charge in [0.25, 0.3) is 0 Å². The molecule has 20 heavy (non-hydrogen) atoms. The summed E-state index contributed by atoms with van der Waals surface area (Å²) in [5.74, 6) is 1.73. The van der Waals surface area contributed by atoms with E-state index >= 15 is 0 Å². The summed E-state index contributed by atoms with van der Waals surface area (Å²) >= 11 is 0. The smallest absolute Gasteiger partial charge is 0.130 e. The van der Waals surface area contributed by atoms with Crippen LogP contribution in [0.5, 0.6) is 5.75 Å². The molecular weight excluding hydrogens is 248 g/mol. The van der Waals surface area contributed by atoms with Crippen molar-refractivity contribution in [1.82, 2.24) is 4.98 Å². The molecule has 0 radical (unpaired) electrons. The molecule has 1 heterocycles. The second-order valence-electron chi connectivity index (χ2n) is 5.73. The van der Waals surface area contributed by atoms with Crippen molar-refractivity contribution in [2.24, 2.45) is 5.92 Å². The first-order valence-electron chi connectivity index (χ1n) is 7.57. The molecule has 1 aromatic carbocycles. The maximum absolute atomic E-state index is 6.26. The molecule has 106 valence electrons. The number of nitrogens with zero attached hydrogens (tertiary/aromatic N) is 1. The fourth-order valence-electron chi connectivity index (χ4n) is 3.18. The van der Waals surface area contributed by atoms with Crippen molar-refractivity contribution in [3.05, 3.63) is 30.5 Å². The molecule has 2 aromatic rings. The van der Waals surface area contributed by atoms with Crippen LogP contribution in [0.3, 0.4) is 0 Å². The number of ether oxygens (including phenoxy) is 1. The molecule has 3 nitrogen and oxygen atoms in total. The minimum atomic E-state index is 0.334. The monoisotopic (exact) mass is 270 g/mol. The van der Waals surface area contributed by atoms with Gasteiger partial charge in [-0.2, -0.15) is 0 Å². The summed E-state index contributed by atoms with van der Waals surface area (Å²) in [7, 11) is 0. The van der Waals surface area contributed by atoms with E-state index in [4.69, 9.17) is 10.5 Å². The Balaban J connectivity index is 1.86. The fraction of sp³-hybridized carbons (Fsp3) is 0.471. The maximum atomic E-state index is 6.26. The third-order valence-electron chi connectivity index (χ3n) is 4.37. The summed E-state index contributed by atoms with van der Waals surface area (Å²) in [6, 6.07) is 7.83. The van der Waals surface area contributed by atoms with Crippen LogP contribution in [-0.4, -0.2) is 11.1 Å². The van der Waals surface area contributed by atoms with Crippen molar-refractivity contribution in [2.75, 3.05) is 5.73 Å². The van der Waals surface area contributed by atoms with Crippen LogP contribution in [0.1, 0.15) is 39.0 Å². The van der Waals surface area contributed by atoms with Crippen molar-refractivity contribution < 1.29 is 4.74 Å². The fourth-order valence-corrected chi connectivity index (χ4v) is 3.18. The Bertz CT molecular complexity index is 597. The molecule has 0 aliphatic heterocycles. The minimum absolute atomic E-state index is 0.334. The first kappa shape index (κ1) is 13.2. The van der Waals surface area contributed by atoms with E-state index in [0.29, 0.717) is 11.8 Å². The molecule has 1 aliphatic carbocycles.